The van der Waals surface area contributed by atoms with Crippen molar-refractivity contribution in [3.05, 3.63) is 59.7 Å². The van der Waals surface area contributed by atoms with E-state index in [9.17, 15) is 13.5 Å². The lowest BCUT2D eigenvalue weighted by Gasteiger charge is -2.24. The molecule has 2 aromatic carbocycles. The van der Waals surface area contributed by atoms with Crippen LogP contribution in [0.2, 0.25) is 0 Å². The summed E-state index contributed by atoms with van der Waals surface area (Å²) in [6.45, 7) is 0.171. The Morgan fingerprint density at radius 2 is 1.65 bits per heavy atom. The van der Waals surface area contributed by atoms with E-state index in [0.29, 0.717) is 5.56 Å². The third kappa shape index (κ3) is 2.14. The first-order valence-electron chi connectivity index (χ1n) is 6.30. The summed E-state index contributed by atoms with van der Waals surface area (Å²) in [6.07, 6.45) is -0.0409. The highest BCUT2D eigenvalue weighted by molar-refractivity contribution is 7.88. The van der Waals surface area contributed by atoms with Gasteiger partial charge in [0.2, 0.25) is 10.0 Å². The minimum atomic E-state index is -3.50. The van der Waals surface area contributed by atoms with Crippen LogP contribution >= 0.6 is 0 Å². The molecule has 0 amide bonds. The molecule has 1 aliphatic rings. The number of nitrogens with zero attached hydrogens (tertiary/aromatic N) is 1. The molecule has 0 fully saturated rings. The van der Waals surface area contributed by atoms with Crippen LogP contribution in [0.4, 0.5) is 0 Å². The molecule has 3 rings (SSSR count). The molecular formula is C15H15NO3S. The second-order valence-electron chi connectivity index (χ2n) is 4.93. The summed E-state index contributed by atoms with van der Waals surface area (Å²) >= 11 is 0. The highest BCUT2D eigenvalue weighted by atomic mass is 32.2. The molecule has 104 valence electrons. The second kappa shape index (κ2) is 4.70. The van der Waals surface area contributed by atoms with Gasteiger partial charge in [0.15, 0.2) is 0 Å². The number of aliphatic hydroxyl groups is 1. The zero-order valence-electron chi connectivity index (χ0n) is 11.0. The number of hydrogen-bond acceptors (Lipinski definition) is 3. The third-order valence-electron chi connectivity index (χ3n) is 3.57. The van der Waals surface area contributed by atoms with Crippen LogP contribution in [-0.2, 0) is 16.6 Å². The summed E-state index contributed by atoms with van der Waals surface area (Å²) in [4.78, 5) is 0. The van der Waals surface area contributed by atoms with Gasteiger partial charge in [-0.15, -0.1) is 0 Å². The largest absolute Gasteiger partial charge is 0.373 e. The molecule has 0 spiro atoms. The standard InChI is InChI=1S/C15H15NO3S/c1-20(18,19)16-10-11-6-2-3-7-12(11)13-8-4-5-9-14(13)15(16)17/h2-9,15,17H,10H2,1H3. The fourth-order valence-corrected chi connectivity index (χ4v) is 3.45. The molecule has 0 radical (unpaired) electrons. The molecule has 0 aromatic heterocycles. The summed E-state index contributed by atoms with van der Waals surface area (Å²) in [7, 11) is -3.50. The van der Waals surface area contributed by atoms with Crippen LogP contribution in [-0.4, -0.2) is 24.1 Å². The van der Waals surface area contributed by atoms with Crippen LogP contribution in [0.3, 0.4) is 0 Å². The van der Waals surface area contributed by atoms with Gasteiger partial charge in [-0.2, -0.15) is 4.31 Å². The summed E-state index contributed by atoms with van der Waals surface area (Å²) in [5.74, 6) is 0. The first kappa shape index (κ1) is 13.3. The predicted molar refractivity (Wildman–Crippen MR) is 77.2 cm³/mol. The molecule has 1 unspecified atom stereocenters. The van der Waals surface area contributed by atoms with Crippen molar-refractivity contribution in [1.82, 2.24) is 4.31 Å². The lowest BCUT2D eigenvalue weighted by molar-refractivity contribution is 0.0602. The van der Waals surface area contributed by atoms with Gasteiger partial charge in [-0.05, 0) is 16.7 Å². The van der Waals surface area contributed by atoms with Crippen molar-refractivity contribution in [2.45, 2.75) is 12.8 Å². The Morgan fingerprint density at radius 3 is 2.35 bits per heavy atom. The van der Waals surface area contributed by atoms with Crippen molar-refractivity contribution in [1.29, 1.82) is 0 Å². The van der Waals surface area contributed by atoms with Crippen molar-refractivity contribution in [2.75, 3.05) is 6.26 Å². The van der Waals surface area contributed by atoms with Gasteiger partial charge in [0.25, 0.3) is 0 Å². The van der Waals surface area contributed by atoms with Crippen LogP contribution in [0.25, 0.3) is 11.1 Å². The SMILES string of the molecule is CS(=O)(=O)N1Cc2ccccc2-c2ccccc2C1O. The van der Waals surface area contributed by atoms with Gasteiger partial charge in [-0.25, -0.2) is 8.42 Å². The quantitative estimate of drug-likeness (QED) is 0.875. The van der Waals surface area contributed by atoms with Gasteiger partial charge >= 0.3 is 0 Å². The summed E-state index contributed by atoms with van der Waals surface area (Å²) in [6, 6.07) is 15.0. The van der Waals surface area contributed by atoms with Gasteiger partial charge in [0, 0.05) is 12.1 Å². The van der Waals surface area contributed by atoms with E-state index in [1.54, 1.807) is 12.1 Å². The topological polar surface area (TPSA) is 57.6 Å². The van der Waals surface area contributed by atoms with E-state index in [2.05, 4.69) is 0 Å². The Balaban J connectivity index is 2.30. The van der Waals surface area contributed by atoms with Crippen LogP contribution in [0.5, 0.6) is 0 Å². The predicted octanol–water partition coefficient (Wildman–Crippen LogP) is 2.12. The zero-order valence-corrected chi connectivity index (χ0v) is 11.8. The first-order chi connectivity index (χ1) is 9.48. The maximum Gasteiger partial charge on any atom is 0.213 e. The van der Waals surface area contributed by atoms with Crippen LogP contribution in [0.1, 0.15) is 17.4 Å². The number of benzene rings is 2. The monoisotopic (exact) mass is 289 g/mol. The van der Waals surface area contributed by atoms with Crippen LogP contribution in [0.15, 0.2) is 48.5 Å². The zero-order chi connectivity index (χ0) is 14.3. The maximum atomic E-state index is 11.9. The molecule has 0 saturated carbocycles. The van der Waals surface area contributed by atoms with Gasteiger partial charge in [-0.3, -0.25) is 0 Å². The fourth-order valence-electron chi connectivity index (χ4n) is 2.60. The first-order valence-corrected chi connectivity index (χ1v) is 8.15. The Kier molecular flexibility index (Phi) is 3.12. The molecule has 20 heavy (non-hydrogen) atoms. The molecule has 1 aliphatic heterocycles. The number of fused-ring (bicyclic) bond motifs is 3. The normalized spacial score (nSPS) is 19.0. The van der Waals surface area contributed by atoms with Gasteiger partial charge < -0.3 is 5.11 Å². The average Bonchev–Trinajstić information content (AvgIpc) is 2.55. The molecule has 4 nitrogen and oxygen atoms in total. The Labute approximate surface area is 118 Å². The van der Waals surface area contributed by atoms with Crippen molar-refractivity contribution >= 4 is 10.0 Å². The molecule has 1 heterocycles. The van der Waals surface area contributed by atoms with E-state index in [1.807, 2.05) is 36.4 Å². The number of aliphatic hydroxyl groups excluding tert-OH is 1. The second-order valence-corrected chi connectivity index (χ2v) is 6.86. The minimum absolute atomic E-state index is 0.171. The van der Waals surface area contributed by atoms with E-state index in [1.165, 1.54) is 0 Å². The molecular weight excluding hydrogens is 274 g/mol. The van der Waals surface area contributed by atoms with Crippen molar-refractivity contribution in [2.24, 2.45) is 0 Å². The smallest absolute Gasteiger partial charge is 0.213 e. The van der Waals surface area contributed by atoms with E-state index in [-0.39, 0.29) is 6.54 Å². The van der Waals surface area contributed by atoms with E-state index < -0.39 is 16.3 Å². The maximum absolute atomic E-state index is 11.9. The third-order valence-corrected chi connectivity index (χ3v) is 4.75. The molecule has 0 aliphatic carbocycles. The van der Waals surface area contributed by atoms with Gasteiger partial charge in [0.1, 0.15) is 6.23 Å². The van der Waals surface area contributed by atoms with Gasteiger partial charge in [0.05, 0.1) is 6.26 Å². The number of sulfonamides is 1. The summed E-state index contributed by atoms with van der Waals surface area (Å²) < 4.78 is 25.0. The molecule has 1 N–H and O–H groups in total. The minimum Gasteiger partial charge on any atom is -0.373 e. The summed E-state index contributed by atoms with van der Waals surface area (Å²) in [5.41, 5.74) is 3.35. The Hall–Kier alpha value is -1.69. The lowest BCUT2D eigenvalue weighted by Crippen LogP contribution is -2.32. The molecule has 2 aromatic rings. The number of rotatable bonds is 1. The van der Waals surface area contributed by atoms with E-state index in [0.717, 1.165) is 27.3 Å². The van der Waals surface area contributed by atoms with Crippen molar-refractivity contribution in [3.8, 4) is 11.1 Å². The lowest BCUT2D eigenvalue weighted by atomic mass is 9.96. The van der Waals surface area contributed by atoms with Crippen LogP contribution < -0.4 is 0 Å². The molecule has 0 bridgehead atoms. The fraction of sp³-hybridized carbons (Fsp3) is 0.200. The van der Waals surface area contributed by atoms with E-state index in [4.69, 9.17) is 0 Å². The van der Waals surface area contributed by atoms with E-state index >= 15 is 0 Å². The highest BCUT2D eigenvalue weighted by Crippen LogP contribution is 2.37. The molecule has 0 saturated heterocycles. The highest BCUT2D eigenvalue weighted by Gasteiger charge is 2.31. The van der Waals surface area contributed by atoms with Gasteiger partial charge in [-0.1, -0.05) is 48.5 Å². The number of hydrogen-bond donors (Lipinski definition) is 1. The van der Waals surface area contributed by atoms with Crippen molar-refractivity contribution in [3.63, 3.8) is 0 Å². The van der Waals surface area contributed by atoms with Crippen LogP contribution in [0, 0.1) is 0 Å². The molecule has 1 atom stereocenters. The Bertz CT molecular complexity index is 755. The summed E-state index contributed by atoms with van der Waals surface area (Å²) in [5, 5.41) is 10.5. The average molecular weight is 289 g/mol. The molecule has 5 heteroatoms. The van der Waals surface area contributed by atoms with Crippen molar-refractivity contribution < 1.29 is 13.5 Å². The Morgan fingerprint density at radius 1 is 1.05 bits per heavy atom.